The highest BCUT2D eigenvalue weighted by Crippen LogP contribution is 2.36. The Kier molecular flexibility index (Phi) is 4.50. The molecule has 1 heterocycles. The van der Waals surface area contributed by atoms with Gasteiger partial charge in [-0.15, -0.1) is 0 Å². The van der Waals surface area contributed by atoms with Crippen molar-refractivity contribution in [3.8, 4) is 5.75 Å². The zero-order chi connectivity index (χ0) is 14.0. The van der Waals surface area contributed by atoms with Crippen LogP contribution in [0.5, 0.6) is 5.75 Å². The van der Waals surface area contributed by atoms with E-state index in [-0.39, 0.29) is 10.8 Å². The number of aromatic hydroxyl groups is 1. The Balaban J connectivity index is 2.48. The lowest BCUT2D eigenvalue weighted by Crippen LogP contribution is -2.22. The third-order valence-electron chi connectivity index (χ3n) is 3.19. The van der Waals surface area contributed by atoms with Crippen molar-refractivity contribution in [3.63, 3.8) is 0 Å². The molecule has 19 heavy (non-hydrogen) atoms. The zero-order valence-corrected chi connectivity index (χ0v) is 12.5. The molecule has 0 amide bonds. The number of hydrogen-bond donors (Lipinski definition) is 1. The average Bonchev–Trinajstić information content (AvgIpc) is 2.42. The van der Waals surface area contributed by atoms with Gasteiger partial charge in [0.05, 0.1) is 15.7 Å². The maximum absolute atomic E-state index is 9.99. The number of nitrogens with zero attached hydrogens (tertiary/aromatic N) is 2. The van der Waals surface area contributed by atoms with Crippen molar-refractivity contribution in [2.45, 2.75) is 20.4 Å². The van der Waals surface area contributed by atoms with Gasteiger partial charge in [-0.3, -0.25) is 4.90 Å². The highest BCUT2D eigenvalue weighted by atomic mass is 35.5. The summed E-state index contributed by atoms with van der Waals surface area (Å²) in [6, 6.07) is 5.34. The molecule has 1 N–H and O–H groups in total. The van der Waals surface area contributed by atoms with Crippen LogP contribution >= 0.6 is 23.2 Å². The molecule has 0 bridgehead atoms. The van der Waals surface area contributed by atoms with Crippen LogP contribution in [0, 0.1) is 0 Å². The van der Waals surface area contributed by atoms with Gasteiger partial charge in [0.15, 0.2) is 5.75 Å². The fraction of sp³-hybridized carbons (Fsp3) is 0.357. The number of halogens is 2. The van der Waals surface area contributed by atoms with Crippen molar-refractivity contribution >= 4 is 34.1 Å². The summed E-state index contributed by atoms with van der Waals surface area (Å²) in [4.78, 5) is 6.72. The van der Waals surface area contributed by atoms with E-state index in [1.165, 1.54) is 6.07 Å². The van der Waals surface area contributed by atoms with Gasteiger partial charge in [0.2, 0.25) is 0 Å². The monoisotopic (exact) mass is 298 g/mol. The zero-order valence-electron chi connectivity index (χ0n) is 11.0. The average molecular weight is 299 g/mol. The molecule has 5 heteroatoms. The number of phenolic OH excluding ortho intramolecular Hbond substituents is 1. The summed E-state index contributed by atoms with van der Waals surface area (Å²) in [6.45, 7) is 6.87. The van der Waals surface area contributed by atoms with Gasteiger partial charge in [-0.05, 0) is 31.3 Å². The van der Waals surface area contributed by atoms with E-state index >= 15 is 0 Å². The van der Waals surface area contributed by atoms with Crippen molar-refractivity contribution in [2.24, 2.45) is 0 Å². The predicted molar refractivity (Wildman–Crippen MR) is 80.1 cm³/mol. The fourth-order valence-corrected chi connectivity index (χ4v) is 2.52. The van der Waals surface area contributed by atoms with E-state index in [0.717, 1.165) is 25.3 Å². The highest BCUT2D eigenvalue weighted by Gasteiger charge is 2.12. The summed E-state index contributed by atoms with van der Waals surface area (Å²) in [6.07, 6.45) is 0. The number of phenols is 1. The molecule has 1 aromatic carbocycles. The SMILES string of the molecule is CCN(CC)Cc1ccc2c(Cl)cc(Cl)c(O)c2n1. The highest BCUT2D eigenvalue weighted by molar-refractivity contribution is 6.39. The lowest BCUT2D eigenvalue weighted by molar-refractivity contribution is 0.292. The molecule has 0 saturated carbocycles. The van der Waals surface area contributed by atoms with E-state index in [2.05, 4.69) is 23.7 Å². The molecule has 0 spiro atoms. The second kappa shape index (κ2) is 5.95. The lowest BCUT2D eigenvalue weighted by atomic mass is 10.2. The van der Waals surface area contributed by atoms with E-state index in [9.17, 15) is 5.11 Å². The van der Waals surface area contributed by atoms with E-state index in [4.69, 9.17) is 23.2 Å². The third kappa shape index (κ3) is 2.94. The molecule has 3 nitrogen and oxygen atoms in total. The van der Waals surface area contributed by atoms with Crippen LogP contribution in [-0.4, -0.2) is 28.1 Å². The fourth-order valence-electron chi connectivity index (χ4n) is 2.01. The number of fused-ring (bicyclic) bond motifs is 1. The predicted octanol–water partition coefficient (Wildman–Crippen LogP) is 4.09. The van der Waals surface area contributed by atoms with E-state index in [1.807, 2.05) is 12.1 Å². The Hall–Kier alpha value is -1.03. The van der Waals surface area contributed by atoms with Crippen molar-refractivity contribution in [1.29, 1.82) is 0 Å². The first-order chi connectivity index (χ1) is 9.06. The van der Waals surface area contributed by atoms with E-state index in [1.54, 1.807) is 0 Å². The molecule has 0 aliphatic heterocycles. The molecule has 0 saturated heterocycles. The van der Waals surface area contributed by atoms with Gasteiger partial charge in [0.25, 0.3) is 0 Å². The van der Waals surface area contributed by atoms with E-state index < -0.39 is 0 Å². The summed E-state index contributed by atoms with van der Waals surface area (Å²) in [7, 11) is 0. The summed E-state index contributed by atoms with van der Waals surface area (Å²) in [5.41, 5.74) is 1.35. The van der Waals surface area contributed by atoms with Crippen molar-refractivity contribution in [3.05, 3.63) is 33.9 Å². The molecule has 2 rings (SSSR count). The van der Waals surface area contributed by atoms with Crippen LogP contribution in [0.15, 0.2) is 18.2 Å². The molecule has 1 aromatic heterocycles. The second-order valence-corrected chi connectivity index (χ2v) is 5.16. The van der Waals surface area contributed by atoms with Gasteiger partial charge < -0.3 is 5.11 Å². The number of rotatable bonds is 4. The smallest absolute Gasteiger partial charge is 0.160 e. The minimum absolute atomic E-state index is 0.0116. The second-order valence-electron chi connectivity index (χ2n) is 4.35. The number of hydrogen-bond acceptors (Lipinski definition) is 3. The summed E-state index contributed by atoms with van der Waals surface area (Å²) >= 11 is 12.0. The molecule has 2 aromatic rings. The number of aromatic nitrogens is 1. The Morgan fingerprint density at radius 3 is 2.47 bits per heavy atom. The van der Waals surface area contributed by atoms with Gasteiger partial charge in [-0.2, -0.15) is 0 Å². The van der Waals surface area contributed by atoms with E-state index in [0.29, 0.717) is 15.9 Å². The molecule has 0 radical (unpaired) electrons. The van der Waals surface area contributed by atoms with Crippen LogP contribution in [0.4, 0.5) is 0 Å². The molecule has 0 aliphatic rings. The molecule has 0 aliphatic carbocycles. The van der Waals surface area contributed by atoms with Gasteiger partial charge in [0.1, 0.15) is 5.52 Å². The minimum Gasteiger partial charge on any atom is -0.504 e. The number of pyridine rings is 1. The summed E-state index contributed by atoms with van der Waals surface area (Å²) < 4.78 is 0. The van der Waals surface area contributed by atoms with Crippen LogP contribution < -0.4 is 0 Å². The van der Waals surface area contributed by atoms with Crippen LogP contribution in [-0.2, 0) is 6.54 Å². The maximum atomic E-state index is 9.99. The van der Waals surface area contributed by atoms with Crippen molar-refractivity contribution in [1.82, 2.24) is 9.88 Å². The van der Waals surface area contributed by atoms with Crippen LogP contribution in [0.2, 0.25) is 10.0 Å². The van der Waals surface area contributed by atoms with Crippen LogP contribution in [0.1, 0.15) is 19.5 Å². The minimum atomic E-state index is -0.0116. The Bertz CT molecular complexity index is 598. The topological polar surface area (TPSA) is 36.4 Å². The van der Waals surface area contributed by atoms with Crippen molar-refractivity contribution in [2.75, 3.05) is 13.1 Å². The molecule has 0 unspecified atom stereocenters. The summed E-state index contributed by atoms with van der Waals surface area (Å²) in [5, 5.41) is 11.4. The van der Waals surface area contributed by atoms with Gasteiger partial charge in [-0.25, -0.2) is 4.98 Å². The Morgan fingerprint density at radius 2 is 1.84 bits per heavy atom. The van der Waals surface area contributed by atoms with Gasteiger partial charge in [0, 0.05) is 11.9 Å². The van der Waals surface area contributed by atoms with Gasteiger partial charge in [-0.1, -0.05) is 37.0 Å². The maximum Gasteiger partial charge on any atom is 0.160 e. The molecule has 0 atom stereocenters. The van der Waals surface area contributed by atoms with Crippen LogP contribution in [0.25, 0.3) is 10.9 Å². The Labute approximate surface area is 122 Å². The first-order valence-corrected chi connectivity index (χ1v) is 7.01. The lowest BCUT2D eigenvalue weighted by Gasteiger charge is -2.17. The molecular weight excluding hydrogens is 283 g/mol. The first-order valence-electron chi connectivity index (χ1n) is 6.25. The molecule has 0 fully saturated rings. The number of benzene rings is 1. The molecular formula is C14H16Cl2N2O. The van der Waals surface area contributed by atoms with Crippen molar-refractivity contribution < 1.29 is 5.11 Å². The Morgan fingerprint density at radius 1 is 1.16 bits per heavy atom. The third-order valence-corrected chi connectivity index (χ3v) is 3.80. The molecule has 102 valence electrons. The largest absolute Gasteiger partial charge is 0.504 e. The first kappa shape index (κ1) is 14.4. The van der Waals surface area contributed by atoms with Gasteiger partial charge >= 0.3 is 0 Å². The standard InChI is InChI=1S/C14H16Cl2N2O/c1-3-18(4-2)8-9-5-6-10-11(15)7-12(16)14(19)13(10)17-9/h5-7,19H,3-4,8H2,1-2H3. The quantitative estimate of drug-likeness (QED) is 0.923. The normalized spacial score (nSPS) is 11.4. The summed E-state index contributed by atoms with van der Waals surface area (Å²) in [5.74, 6) is -0.0116. The van der Waals surface area contributed by atoms with Crippen LogP contribution in [0.3, 0.4) is 0 Å².